The highest BCUT2D eigenvalue weighted by Crippen LogP contribution is 2.06. The molecule has 2 heterocycles. The molecule has 0 bridgehead atoms. The average molecular weight is 192 g/mol. The van der Waals surface area contributed by atoms with Crippen molar-refractivity contribution in [1.29, 1.82) is 0 Å². The van der Waals surface area contributed by atoms with E-state index in [0.717, 1.165) is 13.0 Å². The van der Waals surface area contributed by atoms with Crippen LogP contribution in [0.5, 0.6) is 0 Å². The predicted octanol–water partition coefficient (Wildman–Crippen LogP) is 0.838. The molecule has 0 saturated heterocycles. The lowest BCUT2D eigenvalue weighted by Gasteiger charge is -1.99. The first-order valence-electron chi connectivity index (χ1n) is 4.65. The molecular formula is C9H12N4O. The molecule has 0 saturated carbocycles. The lowest BCUT2D eigenvalue weighted by atomic mass is 10.4. The Morgan fingerprint density at radius 3 is 3.07 bits per heavy atom. The molecule has 0 amide bonds. The van der Waals surface area contributed by atoms with E-state index in [-0.39, 0.29) is 5.56 Å². The Kier molecular flexibility index (Phi) is 2.07. The fourth-order valence-electron chi connectivity index (χ4n) is 1.45. The third kappa shape index (κ3) is 1.30. The highest BCUT2D eigenvalue weighted by atomic mass is 16.1. The molecular weight excluding hydrogens is 180 g/mol. The summed E-state index contributed by atoms with van der Waals surface area (Å²) in [4.78, 5) is 18.4. The first-order chi connectivity index (χ1) is 6.72. The number of aryl methyl sites for hydroxylation is 2. The fraction of sp³-hybridized carbons (Fsp3) is 0.444. The van der Waals surface area contributed by atoms with Crippen LogP contribution in [0.1, 0.15) is 19.2 Å². The van der Waals surface area contributed by atoms with Gasteiger partial charge in [-0.2, -0.15) is 5.10 Å². The van der Waals surface area contributed by atoms with Crippen LogP contribution in [0.2, 0.25) is 0 Å². The summed E-state index contributed by atoms with van der Waals surface area (Å²) in [6, 6.07) is 0. The summed E-state index contributed by atoms with van der Waals surface area (Å²) in [5, 5.41) is 4.68. The second-order valence-electron chi connectivity index (χ2n) is 3.26. The van der Waals surface area contributed by atoms with Crippen LogP contribution in [0.25, 0.3) is 11.0 Å². The van der Waals surface area contributed by atoms with Crippen molar-refractivity contribution in [3.05, 3.63) is 22.4 Å². The summed E-state index contributed by atoms with van der Waals surface area (Å²) >= 11 is 0. The van der Waals surface area contributed by atoms with E-state index in [0.29, 0.717) is 16.9 Å². The monoisotopic (exact) mass is 192 g/mol. The molecule has 5 heteroatoms. The average Bonchev–Trinajstić information content (AvgIpc) is 2.49. The van der Waals surface area contributed by atoms with Crippen LogP contribution >= 0.6 is 0 Å². The number of hydrogen-bond acceptors (Lipinski definition) is 3. The number of aromatic nitrogens is 4. The molecule has 0 aliphatic rings. The van der Waals surface area contributed by atoms with Gasteiger partial charge < -0.3 is 4.98 Å². The maximum Gasteiger partial charge on any atom is 0.262 e. The van der Waals surface area contributed by atoms with Gasteiger partial charge in [0.05, 0.1) is 6.20 Å². The molecule has 0 aliphatic carbocycles. The topological polar surface area (TPSA) is 63.6 Å². The Hall–Kier alpha value is -1.65. The summed E-state index contributed by atoms with van der Waals surface area (Å²) in [5.41, 5.74) is 0.558. The van der Waals surface area contributed by atoms with Gasteiger partial charge in [0.1, 0.15) is 11.2 Å². The lowest BCUT2D eigenvalue weighted by molar-refractivity contribution is 0.616. The minimum atomic E-state index is -0.116. The van der Waals surface area contributed by atoms with Crippen LogP contribution in [-0.2, 0) is 6.54 Å². The van der Waals surface area contributed by atoms with Gasteiger partial charge in [-0.25, -0.2) is 9.67 Å². The molecule has 2 aromatic heterocycles. The molecule has 1 N–H and O–H groups in total. The van der Waals surface area contributed by atoms with Crippen molar-refractivity contribution < 1.29 is 0 Å². The molecule has 5 nitrogen and oxygen atoms in total. The Morgan fingerprint density at radius 2 is 2.36 bits per heavy atom. The zero-order valence-corrected chi connectivity index (χ0v) is 8.24. The molecule has 2 rings (SSSR count). The van der Waals surface area contributed by atoms with Gasteiger partial charge in [-0.05, 0) is 13.3 Å². The van der Waals surface area contributed by atoms with Crippen LogP contribution < -0.4 is 5.56 Å². The van der Waals surface area contributed by atoms with Crippen molar-refractivity contribution in [1.82, 2.24) is 19.7 Å². The minimum Gasteiger partial charge on any atom is -0.310 e. The molecule has 14 heavy (non-hydrogen) atoms. The second-order valence-corrected chi connectivity index (χ2v) is 3.26. The lowest BCUT2D eigenvalue weighted by Crippen LogP contribution is -2.10. The largest absolute Gasteiger partial charge is 0.310 e. The number of aromatic amines is 1. The predicted molar refractivity (Wildman–Crippen MR) is 53.2 cm³/mol. The third-order valence-electron chi connectivity index (χ3n) is 2.06. The van der Waals surface area contributed by atoms with Gasteiger partial charge in [0.2, 0.25) is 0 Å². The molecule has 0 radical (unpaired) electrons. The van der Waals surface area contributed by atoms with E-state index in [1.165, 1.54) is 0 Å². The minimum absolute atomic E-state index is 0.116. The summed E-state index contributed by atoms with van der Waals surface area (Å²) in [5.74, 6) is 0.625. The number of H-pyrrole nitrogens is 1. The first-order valence-corrected chi connectivity index (χ1v) is 4.65. The van der Waals surface area contributed by atoms with Crippen molar-refractivity contribution in [3.63, 3.8) is 0 Å². The maximum atomic E-state index is 11.5. The van der Waals surface area contributed by atoms with Gasteiger partial charge >= 0.3 is 0 Å². The molecule has 74 valence electrons. The van der Waals surface area contributed by atoms with Crippen molar-refractivity contribution in [2.45, 2.75) is 26.8 Å². The van der Waals surface area contributed by atoms with Crippen molar-refractivity contribution in [2.24, 2.45) is 0 Å². The molecule has 0 aliphatic heterocycles. The molecule has 2 aromatic rings. The SMILES string of the molecule is CCCn1ncc2c(=O)[nH]c(C)nc21. The summed E-state index contributed by atoms with van der Waals surface area (Å²) in [6.45, 7) is 4.62. The number of nitrogens with zero attached hydrogens (tertiary/aromatic N) is 3. The van der Waals surface area contributed by atoms with Crippen molar-refractivity contribution in [2.75, 3.05) is 0 Å². The van der Waals surface area contributed by atoms with Gasteiger partial charge in [-0.3, -0.25) is 4.79 Å². The second kappa shape index (κ2) is 3.25. The normalized spacial score (nSPS) is 11.0. The molecule has 0 spiro atoms. The molecule has 0 fully saturated rings. The summed E-state index contributed by atoms with van der Waals surface area (Å²) < 4.78 is 1.76. The smallest absolute Gasteiger partial charge is 0.262 e. The Bertz CT molecular complexity index is 511. The van der Waals surface area contributed by atoms with E-state index in [4.69, 9.17) is 0 Å². The van der Waals surface area contributed by atoms with E-state index in [9.17, 15) is 4.79 Å². The van der Waals surface area contributed by atoms with Crippen LogP contribution in [0.3, 0.4) is 0 Å². The van der Waals surface area contributed by atoms with Crippen molar-refractivity contribution >= 4 is 11.0 Å². The van der Waals surface area contributed by atoms with Crippen LogP contribution in [-0.4, -0.2) is 19.7 Å². The van der Waals surface area contributed by atoms with E-state index in [1.807, 2.05) is 0 Å². The molecule has 0 aromatic carbocycles. The van der Waals surface area contributed by atoms with E-state index in [1.54, 1.807) is 17.8 Å². The number of hydrogen-bond donors (Lipinski definition) is 1. The van der Waals surface area contributed by atoms with E-state index < -0.39 is 0 Å². The molecule has 0 atom stereocenters. The first kappa shape index (κ1) is 8.93. The van der Waals surface area contributed by atoms with Crippen LogP contribution in [0.15, 0.2) is 11.0 Å². The summed E-state index contributed by atoms with van der Waals surface area (Å²) in [7, 11) is 0. The maximum absolute atomic E-state index is 11.5. The Morgan fingerprint density at radius 1 is 1.57 bits per heavy atom. The quantitative estimate of drug-likeness (QED) is 0.766. The molecule has 0 unspecified atom stereocenters. The van der Waals surface area contributed by atoms with Crippen LogP contribution in [0.4, 0.5) is 0 Å². The van der Waals surface area contributed by atoms with Gasteiger partial charge in [0.15, 0.2) is 5.65 Å². The van der Waals surface area contributed by atoms with Crippen LogP contribution in [0, 0.1) is 6.92 Å². The number of rotatable bonds is 2. The Balaban J connectivity index is 2.72. The van der Waals surface area contributed by atoms with E-state index in [2.05, 4.69) is 22.0 Å². The standard InChI is InChI=1S/C9H12N4O/c1-3-4-13-8-7(5-10-13)9(14)12-6(2)11-8/h5H,3-4H2,1-2H3,(H,11,12,14). The van der Waals surface area contributed by atoms with Gasteiger partial charge in [0.25, 0.3) is 5.56 Å². The number of nitrogens with one attached hydrogen (secondary N) is 1. The zero-order valence-electron chi connectivity index (χ0n) is 8.24. The highest BCUT2D eigenvalue weighted by Gasteiger charge is 2.07. The Labute approximate surface area is 80.8 Å². The van der Waals surface area contributed by atoms with Gasteiger partial charge in [-0.15, -0.1) is 0 Å². The third-order valence-corrected chi connectivity index (χ3v) is 2.06. The van der Waals surface area contributed by atoms with Gasteiger partial charge in [-0.1, -0.05) is 6.92 Å². The van der Waals surface area contributed by atoms with E-state index >= 15 is 0 Å². The highest BCUT2D eigenvalue weighted by molar-refractivity contribution is 5.72. The van der Waals surface area contributed by atoms with Gasteiger partial charge in [0, 0.05) is 6.54 Å². The number of fused-ring (bicyclic) bond motifs is 1. The summed E-state index contributed by atoms with van der Waals surface area (Å²) in [6.07, 6.45) is 2.54. The zero-order chi connectivity index (χ0) is 10.1. The fourth-order valence-corrected chi connectivity index (χ4v) is 1.45. The van der Waals surface area contributed by atoms with Crippen molar-refractivity contribution in [3.8, 4) is 0 Å².